The van der Waals surface area contributed by atoms with Crippen LogP contribution in [0.2, 0.25) is 0 Å². The first kappa shape index (κ1) is 41.3. The second kappa shape index (κ2) is 19.8. The molecule has 308 valence electrons. The van der Waals surface area contributed by atoms with Gasteiger partial charge in [0.1, 0.15) is 17.8 Å². The number of aromatic nitrogens is 1. The Kier molecular flexibility index (Phi) is 13.8. The van der Waals surface area contributed by atoms with Crippen LogP contribution in [0.25, 0.3) is 32.6 Å². The number of carbonyl (C=O) groups excluding carboxylic acids is 5. The van der Waals surface area contributed by atoms with Gasteiger partial charge in [-0.3, -0.25) is 14.4 Å². The fourth-order valence-electron chi connectivity index (χ4n) is 7.67. The zero-order valence-corrected chi connectivity index (χ0v) is 33.6. The van der Waals surface area contributed by atoms with Crippen molar-refractivity contribution >= 4 is 63.4 Å². The summed E-state index contributed by atoms with van der Waals surface area (Å²) in [6.07, 6.45) is 9.81. The number of oxazole rings is 1. The molecular weight excluding hydrogens is 775 g/mol. The lowest BCUT2D eigenvalue weighted by atomic mass is 9.82. The molecule has 2 fully saturated rings. The van der Waals surface area contributed by atoms with E-state index < -0.39 is 23.8 Å². The van der Waals surface area contributed by atoms with Crippen LogP contribution < -0.4 is 18.9 Å². The van der Waals surface area contributed by atoms with E-state index in [9.17, 15) is 24.0 Å². The molecule has 0 atom stereocenters. The predicted octanol–water partition coefficient (Wildman–Crippen LogP) is 9.61. The molecule has 59 heavy (non-hydrogen) atoms. The zero-order chi connectivity index (χ0) is 41.1. The Labute approximate surface area is 345 Å². The minimum Gasteiger partial charge on any atom is -0.494 e. The summed E-state index contributed by atoms with van der Waals surface area (Å²) >= 11 is 1.44. The van der Waals surface area contributed by atoms with Gasteiger partial charge in [0.05, 0.1) is 35.8 Å². The molecule has 7 rings (SSSR count). The van der Waals surface area contributed by atoms with Crippen LogP contribution in [0.4, 0.5) is 0 Å². The summed E-state index contributed by atoms with van der Waals surface area (Å²) in [5.41, 5.74) is 0.468. The van der Waals surface area contributed by atoms with Gasteiger partial charge >= 0.3 is 23.9 Å². The molecule has 0 aliphatic heterocycles. The number of thiophene rings is 1. The molecule has 5 aromatic rings. The first-order chi connectivity index (χ1) is 28.8. The number of rotatable bonds is 17. The molecule has 2 aliphatic carbocycles. The Balaban J connectivity index is 0.961. The van der Waals surface area contributed by atoms with Crippen LogP contribution in [0.3, 0.4) is 0 Å². The van der Waals surface area contributed by atoms with Crippen LogP contribution in [0.15, 0.2) is 83.1 Å². The molecule has 2 heterocycles. The molecule has 12 nitrogen and oxygen atoms in total. The fraction of sp³-hybridized carbons (Fsp3) is 0.391. The highest BCUT2D eigenvalue weighted by molar-refractivity contribution is 7.13. The first-order valence-electron chi connectivity index (χ1n) is 20.3. The number of carbonyl (C=O) groups is 5. The van der Waals surface area contributed by atoms with Crippen LogP contribution in [0.5, 0.6) is 23.0 Å². The van der Waals surface area contributed by atoms with Gasteiger partial charge in [-0.1, -0.05) is 36.9 Å². The lowest BCUT2D eigenvalue weighted by Crippen LogP contribution is -2.30. The molecule has 3 aromatic carbocycles. The van der Waals surface area contributed by atoms with Gasteiger partial charge in [0, 0.05) is 22.8 Å². The van der Waals surface area contributed by atoms with Gasteiger partial charge in [-0.25, -0.2) is 9.78 Å². The molecule has 13 heteroatoms. The summed E-state index contributed by atoms with van der Waals surface area (Å²) < 4.78 is 35.1. The Morgan fingerprint density at radius 1 is 0.695 bits per heavy atom. The number of benzene rings is 3. The largest absolute Gasteiger partial charge is 0.494 e. The summed E-state index contributed by atoms with van der Waals surface area (Å²) in [5.74, 6) is -0.983. The number of aldehydes is 1. The predicted molar refractivity (Wildman–Crippen MR) is 220 cm³/mol. The molecular formula is C46H47NO11S. The molecule has 0 spiro atoms. The SMILES string of the molecule is C=CC(=O)OCCCCCCOc1ccc(OC(=O)C2CCC(C(=O)Oc3c4ccccc4c(OC(=O)C4CCC(C=O)CC4)c4oc(-c5cccs5)nc34)CC2)cc1. The third-order valence-corrected chi connectivity index (χ3v) is 11.9. The molecule has 0 bridgehead atoms. The Bertz CT molecular complexity index is 2260. The third-order valence-electron chi connectivity index (χ3n) is 11.1. The highest BCUT2D eigenvalue weighted by Gasteiger charge is 2.35. The van der Waals surface area contributed by atoms with Crippen molar-refractivity contribution in [3.63, 3.8) is 0 Å². The lowest BCUT2D eigenvalue weighted by Gasteiger charge is -2.26. The molecule has 2 aromatic heterocycles. The second-order valence-corrected chi connectivity index (χ2v) is 16.0. The molecule has 2 aliphatic rings. The number of ether oxygens (including phenoxy) is 5. The quantitative estimate of drug-likeness (QED) is 0.0288. The Morgan fingerprint density at radius 3 is 1.88 bits per heavy atom. The molecule has 0 radical (unpaired) electrons. The van der Waals surface area contributed by atoms with Crippen molar-refractivity contribution in [3.8, 4) is 33.8 Å². The van der Waals surface area contributed by atoms with E-state index in [1.54, 1.807) is 36.4 Å². The summed E-state index contributed by atoms with van der Waals surface area (Å²) in [6.45, 7) is 4.30. The Hall–Kier alpha value is -5.82. The van der Waals surface area contributed by atoms with E-state index in [4.69, 9.17) is 33.1 Å². The van der Waals surface area contributed by atoms with Crippen molar-refractivity contribution in [2.24, 2.45) is 23.7 Å². The highest BCUT2D eigenvalue weighted by atomic mass is 32.1. The van der Waals surface area contributed by atoms with Gasteiger partial charge < -0.3 is 32.9 Å². The number of hydrogen-bond donors (Lipinski definition) is 0. The minimum absolute atomic E-state index is 0.0419. The van der Waals surface area contributed by atoms with Crippen molar-refractivity contribution in [2.75, 3.05) is 13.2 Å². The third kappa shape index (κ3) is 10.3. The second-order valence-electron chi connectivity index (χ2n) is 15.0. The number of fused-ring (bicyclic) bond motifs is 2. The smallest absolute Gasteiger partial charge is 0.330 e. The van der Waals surface area contributed by atoms with Crippen molar-refractivity contribution in [2.45, 2.75) is 77.0 Å². The standard InChI is InChI=1S/C46H47NO11S/c1-2-38(49)54-26-8-4-3-7-25-53-33-21-23-34(24-22-33)55-44(50)31-17-19-32(20-18-31)45(51)57-40-35-10-5-6-11-36(35)41(58-46(52)30-15-13-29(28-48)14-16-30)42-39(40)47-43(56-42)37-12-9-27-59-37/h2,5-6,9-12,21-24,27-32H,1,3-4,7-8,13-20,25-26H2. The molecule has 2 saturated carbocycles. The summed E-state index contributed by atoms with van der Waals surface area (Å²) in [7, 11) is 0. The van der Waals surface area contributed by atoms with Crippen molar-refractivity contribution in [1.82, 2.24) is 4.98 Å². The van der Waals surface area contributed by atoms with E-state index in [0.717, 1.165) is 42.9 Å². The van der Waals surface area contributed by atoms with Crippen molar-refractivity contribution in [3.05, 3.63) is 78.7 Å². The van der Waals surface area contributed by atoms with Gasteiger partial charge in [-0.05, 0) is 113 Å². The van der Waals surface area contributed by atoms with E-state index in [1.165, 1.54) is 11.3 Å². The van der Waals surface area contributed by atoms with Crippen molar-refractivity contribution in [1.29, 1.82) is 0 Å². The maximum Gasteiger partial charge on any atom is 0.330 e. The van der Waals surface area contributed by atoms with Crippen LogP contribution in [-0.2, 0) is 28.7 Å². The molecule has 0 N–H and O–H groups in total. The van der Waals surface area contributed by atoms with E-state index >= 15 is 0 Å². The number of esters is 4. The van der Waals surface area contributed by atoms with Crippen LogP contribution in [0.1, 0.15) is 77.0 Å². The summed E-state index contributed by atoms with van der Waals surface area (Å²) in [6, 6.07) is 17.9. The lowest BCUT2D eigenvalue weighted by molar-refractivity contribution is -0.145. The first-order valence-corrected chi connectivity index (χ1v) is 21.2. The number of hydrogen-bond acceptors (Lipinski definition) is 13. The van der Waals surface area contributed by atoms with Gasteiger partial charge in [0.25, 0.3) is 0 Å². The average Bonchev–Trinajstić information content (AvgIpc) is 3.98. The number of unbranched alkanes of at least 4 members (excludes halogenated alkanes) is 3. The van der Waals surface area contributed by atoms with E-state index in [-0.39, 0.29) is 46.3 Å². The van der Waals surface area contributed by atoms with E-state index in [0.29, 0.717) is 92.7 Å². The highest BCUT2D eigenvalue weighted by Crippen LogP contribution is 2.46. The Morgan fingerprint density at radius 2 is 1.27 bits per heavy atom. The zero-order valence-electron chi connectivity index (χ0n) is 32.8. The van der Waals surface area contributed by atoms with Crippen molar-refractivity contribution < 1.29 is 52.1 Å². The minimum atomic E-state index is -0.457. The van der Waals surface area contributed by atoms with Crippen LogP contribution in [0, 0.1) is 23.7 Å². The molecule has 0 amide bonds. The van der Waals surface area contributed by atoms with Gasteiger partial charge in [-0.15, -0.1) is 11.3 Å². The van der Waals surface area contributed by atoms with Gasteiger partial charge in [0.15, 0.2) is 17.0 Å². The topological polar surface area (TPSA) is 158 Å². The monoisotopic (exact) mass is 821 g/mol. The van der Waals surface area contributed by atoms with Crippen LogP contribution in [-0.4, -0.2) is 48.4 Å². The van der Waals surface area contributed by atoms with E-state index in [1.807, 2.05) is 29.6 Å². The van der Waals surface area contributed by atoms with Gasteiger partial charge in [-0.2, -0.15) is 0 Å². The number of nitrogens with zero attached hydrogens (tertiary/aromatic N) is 1. The summed E-state index contributed by atoms with van der Waals surface area (Å²) in [5, 5.41) is 2.98. The fourth-order valence-corrected chi connectivity index (χ4v) is 8.32. The van der Waals surface area contributed by atoms with E-state index in [2.05, 4.69) is 6.58 Å². The molecule has 0 unspecified atom stereocenters. The normalized spacial score (nSPS) is 19.1. The van der Waals surface area contributed by atoms with Gasteiger partial charge in [0.2, 0.25) is 11.5 Å². The average molecular weight is 822 g/mol. The maximum absolute atomic E-state index is 13.9. The molecule has 0 saturated heterocycles. The maximum atomic E-state index is 13.9. The summed E-state index contributed by atoms with van der Waals surface area (Å²) in [4.78, 5) is 68.5. The van der Waals surface area contributed by atoms with Crippen LogP contribution >= 0.6 is 11.3 Å².